The summed E-state index contributed by atoms with van der Waals surface area (Å²) in [7, 11) is 0. The molecule has 1 aliphatic carbocycles. The predicted octanol–water partition coefficient (Wildman–Crippen LogP) is 6.08. The number of hydrogen-bond donors (Lipinski definition) is 1. The summed E-state index contributed by atoms with van der Waals surface area (Å²) in [5, 5.41) is 4.25. The molecule has 1 N–H and O–H groups in total. The average Bonchev–Trinajstić information content (AvgIpc) is 3.41. The van der Waals surface area contributed by atoms with Gasteiger partial charge < -0.3 is 10.1 Å². The second kappa shape index (κ2) is 16.4. The molecule has 0 spiro atoms. The molecule has 2 heterocycles. The number of carbonyl (C=O) groups is 3. The van der Waals surface area contributed by atoms with Crippen molar-refractivity contribution in [3.05, 3.63) is 40.9 Å². The quantitative estimate of drug-likeness (QED) is 0.237. The Kier molecular flexibility index (Phi) is 12.7. The highest BCUT2D eigenvalue weighted by atomic mass is 32.1. The van der Waals surface area contributed by atoms with Gasteiger partial charge in [0.1, 0.15) is 5.78 Å². The molecule has 0 bridgehead atoms. The number of carbonyl (C=O) groups excluding carboxylic acids is 3. The van der Waals surface area contributed by atoms with E-state index < -0.39 is 5.92 Å². The van der Waals surface area contributed by atoms with Gasteiger partial charge in [-0.1, -0.05) is 45.8 Å². The van der Waals surface area contributed by atoms with E-state index in [0.717, 1.165) is 66.8 Å². The normalized spacial score (nSPS) is 18.0. The van der Waals surface area contributed by atoms with Gasteiger partial charge in [-0.25, -0.2) is 4.98 Å². The highest BCUT2D eigenvalue weighted by molar-refractivity contribution is 7.18. The molecule has 0 radical (unpaired) electrons. The first kappa shape index (κ1) is 32.5. The lowest BCUT2D eigenvalue weighted by Crippen LogP contribution is -2.45. The zero-order valence-electron chi connectivity index (χ0n) is 25.6. The number of ether oxygens (including phenoxy) is 1. The summed E-state index contributed by atoms with van der Waals surface area (Å²) in [5.74, 6) is 0.00404. The minimum absolute atomic E-state index is 0.0761. The number of thiazole rings is 1. The molecule has 2 fully saturated rings. The third-order valence-corrected chi connectivity index (χ3v) is 9.88. The molecule has 2 aliphatic rings. The van der Waals surface area contributed by atoms with Crippen LogP contribution in [0.25, 0.3) is 10.2 Å². The lowest BCUT2D eigenvalue weighted by atomic mass is 9.81. The Balaban J connectivity index is 1.44. The fourth-order valence-electron chi connectivity index (χ4n) is 6.29. The van der Waals surface area contributed by atoms with E-state index in [1.54, 1.807) is 11.3 Å². The highest BCUT2D eigenvalue weighted by Gasteiger charge is 2.30. The van der Waals surface area contributed by atoms with Crippen molar-refractivity contribution in [2.45, 2.75) is 96.9 Å². The molecule has 230 valence electrons. The van der Waals surface area contributed by atoms with Gasteiger partial charge in [-0.3, -0.25) is 19.3 Å². The van der Waals surface area contributed by atoms with Gasteiger partial charge in [0.25, 0.3) is 0 Å². The van der Waals surface area contributed by atoms with Gasteiger partial charge in [-0.2, -0.15) is 0 Å². The number of Topliss-reactive ketones (excluding diaryl/α,β-unsaturated/α-hetero) is 2. The number of nitrogens with zero attached hydrogens (tertiary/aromatic N) is 2. The van der Waals surface area contributed by atoms with E-state index in [-0.39, 0.29) is 29.9 Å². The third kappa shape index (κ3) is 9.55. The Morgan fingerprint density at radius 1 is 1.12 bits per heavy atom. The molecule has 7 nitrogen and oxygen atoms in total. The Morgan fingerprint density at radius 2 is 1.88 bits per heavy atom. The highest BCUT2D eigenvalue weighted by Crippen LogP contribution is 2.30. The van der Waals surface area contributed by atoms with E-state index in [2.05, 4.69) is 41.9 Å². The summed E-state index contributed by atoms with van der Waals surface area (Å²) in [4.78, 5) is 46.8. The maximum absolute atomic E-state index is 13.9. The van der Waals surface area contributed by atoms with Crippen LogP contribution >= 0.6 is 11.3 Å². The van der Waals surface area contributed by atoms with Crippen LogP contribution in [0.15, 0.2) is 30.4 Å². The number of ketones is 2. The molecule has 2 aromatic rings. The monoisotopic (exact) mass is 595 g/mol. The number of amides is 1. The van der Waals surface area contributed by atoms with Gasteiger partial charge in [0, 0.05) is 56.9 Å². The Labute approximate surface area is 255 Å². The van der Waals surface area contributed by atoms with Crippen molar-refractivity contribution in [1.82, 2.24) is 15.2 Å². The summed E-state index contributed by atoms with van der Waals surface area (Å²) in [6.07, 6.45) is 9.52. The zero-order chi connectivity index (χ0) is 29.9. The van der Waals surface area contributed by atoms with Crippen LogP contribution in [0, 0.1) is 11.8 Å². The maximum atomic E-state index is 13.9. The SMILES string of the molecule is C=C(CN1CCOCC1)C(=O)CC[C@@H](NC(=O)[C@@H](CC(=O)CCC)Cc1nc2ccc(CC)cc2s1)C1CCCCC1. The van der Waals surface area contributed by atoms with Crippen molar-refractivity contribution in [2.24, 2.45) is 11.8 Å². The molecule has 4 rings (SSSR count). The van der Waals surface area contributed by atoms with Crippen molar-refractivity contribution in [2.75, 3.05) is 32.8 Å². The van der Waals surface area contributed by atoms with E-state index in [1.165, 1.54) is 12.0 Å². The molecular formula is C34H49N3O4S. The van der Waals surface area contributed by atoms with Crippen LogP contribution in [0.1, 0.15) is 88.6 Å². The molecule has 1 aromatic carbocycles. The first-order valence-electron chi connectivity index (χ1n) is 16.1. The zero-order valence-corrected chi connectivity index (χ0v) is 26.4. The molecule has 1 amide bonds. The van der Waals surface area contributed by atoms with Crippen LogP contribution in [-0.2, 0) is 32.0 Å². The molecule has 1 aromatic heterocycles. The van der Waals surface area contributed by atoms with E-state index in [4.69, 9.17) is 9.72 Å². The second-order valence-electron chi connectivity index (χ2n) is 12.1. The number of hydrogen-bond acceptors (Lipinski definition) is 7. The third-order valence-electron chi connectivity index (χ3n) is 8.84. The van der Waals surface area contributed by atoms with Gasteiger partial charge in [0.05, 0.1) is 34.4 Å². The fourth-order valence-corrected chi connectivity index (χ4v) is 7.40. The van der Waals surface area contributed by atoms with Crippen molar-refractivity contribution in [3.63, 3.8) is 0 Å². The minimum atomic E-state index is -0.465. The first-order valence-corrected chi connectivity index (χ1v) is 16.9. The Hall–Kier alpha value is -2.42. The van der Waals surface area contributed by atoms with Crippen molar-refractivity contribution < 1.29 is 19.1 Å². The van der Waals surface area contributed by atoms with Crippen LogP contribution in [0.5, 0.6) is 0 Å². The lowest BCUT2D eigenvalue weighted by Gasteiger charge is -2.32. The average molecular weight is 596 g/mol. The summed E-state index contributed by atoms with van der Waals surface area (Å²) < 4.78 is 6.55. The molecule has 1 saturated carbocycles. The number of benzene rings is 1. The fraction of sp³-hybridized carbons (Fsp3) is 0.647. The molecule has 2 atom stereocenters. The second-order valence-corrected chi connectivity index (χ2v) is 13.2. The number of nitrogens with one attached hydrogen (secondary N) is 1. The van der Waals surface area contributed by atoms with Gasteiger partial charge in [-0.15, -0.1) is 11.3 Å². The van der Waals surface area contributed by atoms with E-state index in [1.807, 2.05) is 6.92 Å². The summed E-state index contributed by atoms with van der Waals surface area (Å²) in [6, 6.07) is 6.25. The van der Waals surface area contributed by atoms with Crippen LogP contribution in [-0.4, -0.2) is 66.2 Å². The predicted molar refractivity (Wildman–Crippen MR) is 170 cm³/mol. The lowest BCUT2D eigenvalue weighted by molar-refractivity contribution is -0.130. The number of fused-ring (bicyclic) bond motifs is 1. The van der Waals surface area contributed by atoms with Gasteiger partial charge in [0.2, 0.25) is 5.91 Å². The van der Waals surface area contributed by atoms with E-state index >= 15 is 0 Å². The number of morpholine rings is 1. The van der Waals surface area contributed by atoms with Gasteiger partial charge in [0.15, 0.2) is 5.78 Å². The van der Waals surface area contributed by atoms with Crippen LogP contribution < -0.4 is 5.32 Å². The van der Waals surface area contributed by atoms with Crippen molar-refractivity contribution >= 4 is 39.0 Å². The molecule has 42 heavy (non-hydrogen) atoms. The van der Waals surface area contributed by atoms with Crippen molar-refractivity contribution in [1.29, 1.82) is 0 Å². The summed E-state index contributed by atoms with van der Waals surface area (Å²) >= 11 is 1.62. The van der Waals surface area contributed by atoms with E-state index in [0.29, 0.717) is 56.9 Å². The number of aryl methyl sites for hydroxylation is 1. The van der Waals surface area contributed by atoms with Crippen molar-refractivity contribution in [3.8, 4) is 0 Å². The largest absolute Gasteiger partial charge is 0.379 e. The first-order chi connectivity index (χ1) is 20.4. The number of aromatic nitrogens is 1. The van der Waals surface area contributed by atoms with Crippen LogP contribution in [0.3, 0.4) is 0 Å². The van der Waals surface area contributed by atoms with E-state index in [9.17, 15) is 14.4 Å². The molecule has 8 heteroatoms. The molecule has 0 unspecified atom stereocenters. The smallest absolute Gasteiger partial charge is 0.224 e. The van der Waals surface area contributed by atoms with Crippen LogP contribution in [0.4, 0.5) is 0 Å². The Bertz CT molecular complexity index is 1210. The topological polar surface area (TPSA) is 88.6 Å². The molecular weight excluding hydrogens is 546 g/mol. The Morgan fingerprint density at radius 3 is 2.60 bits per heavy atom. The van der Waals surface area contributed by atoms with Gasteiger partial charge >= 0.3 is 0 Å². The maximum Gasteiger partial charge on any atom is 0.224 e. The number of rotatable bonds is 16. The standard InChI is InChI=1S/C34H49N3O4S/c1-4-9-28(38)21-27(22-33-35-30-13-12-25(5-2)20-32(30)42-33)34(40)36-29(26-10-7-6-8-11-26)14-15-31(39)24(3)23-37-16-18-41-19-17-37/h12-13,20,26-27,29H,3-11,14-19,21-23H2,1-2H3,(H,36,40)/t27-,29+/m0/s1. The van der Waals surface area contributed by atoms with Crippen LogP contribution in [0.2, 0.25) is 0 Å². The minimum Gasteiger partial charge on any atom is -0.379 e. The molecule has 1 saturated heterocycles. The summed E-state index contributed by atoms with van der Waals surface area (Å²) in [5.41, 5.74) is 2.85. The van der Waals surface area contributed by atoms with Gasteiger partial charge in [-0.05, 0) is 55.7 Å². The molecule has 1 aliphatic heterocycles. The summed E-state index contributed by atoms with van der Waals surface area (Å²) in [6.45, 7) is 11.8.